The maximum absolute atomic E-state index is 12.7. The summed E-state index contributed by atoms with van der Waals surface area (Å²) in [6.07, 6.45) is 1.80. The van der Waals surface area contributed by atoms with Gasteiger partial charge < -0.3 is 19.5 Å². The van der Waals surface area contributed by atoms with Crippen LogP contribution in [0.15, 0.2) is 36.4 Å². The summed E-state index contributed by atoms with van der Waals surface area (Å²) in [6, 6.07) is 11.3. The van der Waals surface area contributed by atoms with Crippen molar-refractivity contribution in [1.82, 2.24) is 10.2 Å². The average molecular weight is 433 g/mol. The van der Waals surface area contributed by atoms with E-state index in [0.717, 1.165) is 38.2 Å². The van der Waals surface area contributed by atoms with Crippen molar-refractivity contribution in [2.24, 2.45) is 0 Å². The molecule has 0 radical (unpaired) electrons. The van der Waals surface area contributed by atoms with Crippen LogP contribution in [0.3, 0.4) is 0 Å². The Morgan fingerprint density at radius 2 is 1.77 bits per heavy atom. The first-order valence-corrected chi connectivity index (χ1v) is 10.6. The van der Waals surface area contributed by atoms with Crippen molar-refractivity contribution in [3.05, 3.63) is 52.5 Å². The SMILES string of the molecule is CCOc1cc(CN2CCC(NC(=O)c3cc(OC)cc(OC)c3)CC2)ccc1Cl. The monoisotopic (exact) mass is 432 g/mol. The minimum absolute atomic E-state index is 0.107. The number of hydrogen-bond acceptors (Lipinski definition) is 5. The van der Waals surface area contributed by atoms with E-state index in [4.69, 9.17) is 25.8 Å². The van der Waals surface area contributed by atoms with Crippen molar-refractivity contribution in [3.8, 4) is 17.2 Å². The van der Waals surface area contributed by atoms with Crippen LogP contribution in [-0.2, 0) is 6.54 Å². The van der Waals surface area contributed by atoms with Crippen molar-refractivity contribution in [1.29, 1.82) is 0 Å². The van der Waals surface area contributed by atoms with Crippen LogP contribution in [0.1, 0.15) is 35.7 Å². The van der Waals surface area contributed by atoms with Gasteiger partial charge in [0.15, 0.2) is 0 Å². The van der Waals surface area contributed by atoms with E-state index in [0.29, 0.717) is 28.7 Å². The smallest absolute Gasteiger partial charge is 0.251 e. The Hall–Kier alpha value is -2.44. The molecule has 0 saturated carbocycles. The first kappa shape index (κ1) is 22.2. The highest BCUT2D eigenvalue weighted by atomic mass is 35.5. The predicted octanol–water partition coefficient (Wildman–Crippen LogP) is 4.15. The molecule has 2 aromatic carbocycles. The highest BCUT2D eigenvalue weighted by Crippen LogP contribution is 2.27. The Kier molecular flexibility index (Phi) is 7.82. The molecule has 0 aliphatic carbocycles. The lowest BCUT2D eigenvalue weighted by atomic mass is 10.0. The van der Waals surface area contributed by atoms with Gasteiger partial charge in [-0.05, 0) is 49.6 Å². The number of methoxy groups -OCH3 is 2. The van der Waals surface area contributed by atoms with E-state index >= 15 is 0 Å². The number of ether oxygens (including phenoxy) is 3. The number of likely N-dealkylation sites (tertiary alicyclic amines) is 1. The van der Waals surface area contributed by atoms with Crippen molar-refractivity contribution < 1.29 is 19.0 Å². The number of nitrogens with zero attached hydrogens (tertiary/aromatic N) is 1. The molecule has 1 aliphatic rings. The molecule has 1 saturated heterocycles. The van der Waals surface area contributed by atoms with E-state index in [2.05, 4.69) is 10.2 Å². The number of rotatable bonds is 8. The number of benzene rings is 2. The summed E-state index contributed by atoms with van der Waals surface area (Å²) in [4.78, 5) is 15.1. The first-order chi connectivity index (χ1) is 14.5. The van der Waals surface area contributed by atoms with Gasteiger partial charge in [-0.15, -0.1) is 0 Å². The fourth-order valence-corrected chi connectivity index (χ4v) is 3.79. The highest BCUT2D eigenvalue weighted by Gasteiger charge is 2.22. The van der Waals surface area contributed by atoms with Gasteiger partial charge >= 0.3 is 0 Å². The van der Waals surface area contributed by atoms with Gasteiger partial charge in [0.2, 0.25) is 0 Å². The first-order valence-electron chi connectivity index (χ1n) is 10.2. The van der Waals surface area contributed by atoms with Crippen molar-refractivity contribution >= 4 is 17.5 Å². The molecule has 0 aromatic heterocycles. The Morgan fingerprint density at radius 3 is 2.37 bits per heavy atom. The number of carbonyl (C=O) groups is 1. The second kappa shape index (κ2) is 10.5. The van der Waals surface area contributed by atoms with Crippen molar-refractivity contribution in [2.75, 3.05) is 33.9 Å². The summed E-state index contributed by atoms with van der Waals surface area (Å²) in [5, 5.41) is 3.78. The topological polar surface area (TPSA) is 60.0 Å². The molecule has 1 fully saturated rings. The predicted molar refractivity (Wildman–Crippen MR) is 118 cm³/mol. The van der Waals surface area contributed by atoms with Gasteiger partial charge in [0, 0.05) is 37.3 Å². The molecular weight excluding hydrogens is 404 g/mol. The molecule has 30 heavy (non-hydrogen) atoms. The van der Waals surface area contributed by atoms with Crippen LogP contribution in [0.4, 0.5) is 0 Å². The molecule has 1 aliphatic heterocycles. The molecule has 162 valence electrons. The fraction of sp³-hybridized carbons (Fsp3) is 0.435. The van der Waals surface area contributed by atoms with Gasteiger partial charge in [-0.2, -0.15) is 0 Å². The number of nitrogens with one attached hydrogen (secondary N) is 1. The third kappa shape index (κ3) is 5.80. The zero-order valence-electron chi connectivity index (χ0n) is 17.7. The van der Waals surface area contributed by atoms with Crippen LogP contribution < -0.4 is 19.5 Å². The van der Waals surface area contributed by atoms with E-state index in [1.54, 1.807) is 32.4 Å². The summed E-state index contributed by atoms with van der Waals surface area (Å²) >= 11 is 6.18. The van der Waals surface area contributed by atoms with Gasteiger partial charge in [-0.1, -0.05) is 17.7 Å². The molecule has 0 bridgehead atoms. The van der Waals surface area contributed by atoms with Crippen LogP contribution >= 0.6 is 11.6 Å². The number of carbonyl (C=O) groups excluding carboxylic acids is 1. The quantitative estimate of drug-likeness (QED) is 0.679. The van der Waals surface area contributed by atoms with Crippen LogP contribution in [-0.4, -0.2) is 50.8 Å². The molecule has 0 spiro atoms. The van der Waals surface area contributed by atoms with E-state index in [9.17, 15) is 4.79 Å². The highest BCUT2D eigenvalue weighted by molar-refractivity contribution is 6.32. The zero-order valence-corrected chi connectivity index (χ0v) is 18.5. The second-order valence-electron chi connectivity index (χ2n) is 7.32. The number of halogens is 1. The molecule has 0 atom stereocenters. The van der Waals surface area contributed by atoms with E-state index in [1.807, 2.05) is 25.1 Å². The summed E-state index contributed by atoms with van der Waals surface area (Å²) in [5.74, 6) is 1.82. The Bertz CT molecular complexity index is 844. The maximum atomic E-state index is 12.7. The molecule has 1 N–H and O–H groups in total. The second-order valence-corrected chi connectivity index (χ2v) is 7.73. The van der Waals surface area contributed by atoms with Crippen LogP contribution in [0.2, 0.25) is 5.02 Å². The largest absolute Gasteiger partial charge is 0.497 e. The third-order valence-electron chi connectivity index (χ3n) is 5.24. The van der Waals surface area contributed by atoms with E-state index in [-0.39, 0.29) is 11.9 Å². The molecule has 2 aromatic rings. The van der Waals surface area contributed by atoms with Crippen LogP contribution in [0, 0.1) is 0 Å². The van der Waals surface area contributed by atoms with Gasteiger partial charge in [0.05, 0.1) is 25.8 Å². The molecule has 0 unspecified atom stereocenters. The Balaban J connectivity index is 1.53. The average Bonchev–Trinajstić information content (AvgIpc) is 2.77. The number of piperidine rings is 1. The maximum Gasteiger partial charge on any atom is 0.251 e. The van der Waals surface area contributed by atoms with Crippen LogP contribution in [0.5, 0.6) is 17.2 Å². The normalized spacial score (nSPS) is 14.9. The standard InChI is InChI=1S/C23H29ClN2O4/c1-4-30-22-11-16(5-6-21(22)24)15-26-9-7-18(8-10-26)25-23(27)17-12-19(28-2)14-20(13-17)29-3/h5-6,11-14,18H,4,7-10,15H2,1-3H3,(H,25,27). The van der Waals surface area contributed by atoms with E-state index < -0.39 is 0 Å². The van der Waals surface area contributed by atoms with Gasteiger partial charge in [-0.3, -0.25) is 9.69 Å². The van der Waals surface area contributed by atoms with Gasteiger partial charge in [-0.25, -0.2) is 0 Å². The molecule has 7 heteroatoms. The molecule has 1 heterocycles. The minimum atomic E-state index is -0.107. The number of amides is 1. The lowest BCUT2D eigenvalue weighted by Gasteiger charge is -2.32. The zero-order chi connectivity index (χ0) is 21.5. The molecular formula is C23H29ClN2O4. The third-order valence-corrected chi connectivity index (χ3v) is 5.55. The summed E-state index contributed by atoms with van der Waals surface area (Å²) in [7, 11) is 3.15. The summed E-state index contributed by atoms with van der Waals surface area (Å²) < 4.78 is 16.1. The molecule has 1 amide bonds. The van der Waals surface area contributed by atoms with Gasteiger partial charge in [0.25, 0.3) is 5.91 Å². The van der Waals surface area contributed by atoms with Crippen molar-refractivity contribution in [2.45, 2.75) is 32.4 Å². The summed E-state index contributed by atoms with van der Waals surface area (Å²) in [5.41, 5.74) is 1.71. The minimum Gasteiger partial charge on any atom is -0.497 e. The van der Waals surface area contributed by atoms with Gasteiger partial charge in [0.1, 0.15) is 17.2 Å². The lowest BCUT2D eigenvalue weighted by molar-refractivity contribution is 0.0908. The molecule has 3 rings (SSSR count). The molecule has 6 nitrogen and oxygen atoms in total. The number of hydrogen-bond donors (Lipinski definition) is 1. The van der Waals surface area contributed by atoms with Crippen molar-refractivity contribution in [3.63, 3.8) is 0 Å². The Labute approximate surface area is 183 Å². The fourth-order valence-electron chi connectivity index (χ4n) is 3.61. The van der Waals surface area contributed by atoms with Crippen LogP contribution in [0.25, 0.3) is 0 Å². The Morgan fingerprint density at radius 1 is 1.10 bits per heavy atom. The van der Waals surface area contributed by atoms with E-state index in [1.165, 1.54) is 5.56 Å². The summed E-state index contributed by atoms with van der Waals surface area (Å²) in [6.45, 7) is 5.21. The lowest BCUT2D eigenvalue weighted by Crippen LogP contribution is -2.44.